The Hall–Kier alpha value is -3.82. The average molecular weight is 628 g/mol. The van der Waals surface area contributed by atoms with Gasteiger partial charge in [0.1, 0.15) is 40.7 Å². The number of thiophene rings is 1. The molecule has 0 bridgehead atoms. The molecule has 5 atom stereocenters. The van der Waals surface area contributed by atoms with Gasteiger partial charge in [-0.15, -0.1) is 11.3 Å². The van der Waals surface area contributed by atoms with Crippen LogP contribution in [0.4, 0.5) is 0 Å². The molecule has 14 heteroatoms. The predicted octanol–water partition coefficient (Wildman–Crippen LogP) is 2.55. The molecule has 0 radical (unpaired) electrons. The third-order valence-electron chi connectivity index (χ3n) is 8.40. The number of carboxylic acid groups (broad SMARTS) is 1. The Labute approximate surface area is 255 Å². The molecule has 2 aliphatic rings. The standard InChI is InChI=1S/C30H33N3O10S/c1-15-21-26(35)33(30(2,3)28(36)37)29(38)32(27(21)44-24(15)25-31-9-10-40-25)11-20(17-7-5-6-8-19(17)39-4)41-12-16-13-42-23-18(34)14-43-22(16)23/h5-10,16,18,20,22-23,34H,11-14H2,1-4H3,(H,36,37)/t16-,18-,20?,22?,23?/m0/s1. The molecule has 5 heterocycles. The zero-order valence-electron chi connectivity index (χ0n) is 24.6. The summed E-state index contributed by atoms with van der Waals surface area (Å²) in [7, 11) is 1.53. The maximum atomic E-state index is 14.2. The van der Waals surface area contributed by atoms with Crippen LogP contribution in [0.3, 0.4) is 0 Å². The monoisotopic (exact) mass is 627 g/mol. The van der Waals surface area contributed by atoms with Crippen LogP contribution in [-0.2, 0) is 31.1 Å². The number of aromatic nitrogens is 3. The predicted molar refractivity (Wildman–Crippen MR) is 158 cm³/mol. The van der Waals surface area contributed by atoms with Gasteiger partial charge in [-0.3, -0.25) is 9.36 Å². The van der Waals surface area contributed by atoms with E-state index < -0.39 is 41.1 Å². The van der Waals surface area contributed by atoms with Crippen molar-refractivity contribution in [2.24, 2.45) is 5.92 Å². The quantitative estimate of drug-likeness (QED) is 0.266. The Balaban J connectivity index is 1.50. The Bertz CT molecular complexity index is 1810. The van der Waals surface area contributed by atoms with Crippen molar-refractivity contribution in [2.75, 3.05) is 26.9 Å². The molecule has 0 amide bonds. The van der Waals surface area contributed by atoms with Crippen LogP contribution in [0.5, 0.6) is 5.75 Å². The molecule has 234 valence electrons. The fraction of sp³-hybridized carbons (Fsp3) is 0.467. The van der Waals surface area contributed by atoms with Crippen LogP contribution in [0.1, 0.15) is 31.1 Å². The lowest BCUT2D eigenvalue weighted by Gasteiger charge is -2.27. The molecule has 0 saturated carbocycles. The first-order chi connectivity index (χ1) is 21.0. The maximum absolute atomic E-state index is 14.2. The van der Waals surface area contributed by atoms with Crippen LogP contribution in [0.15, 0.2) is 50.7 Å². The number of aliphatic carboxylic acids is 1. The molecule has 3 unspecified atom stereocenters. The number of benzene rings is 1. The lowest BCUT2D eigenvalue weighted by atomic mass is 10.0. The Morgan fingerprint density at radius 1 is 1.20 bits per heavy atom. The van der Waals surface area contributed by atoms with Crippen molar-refractivity contribution in [3.63, 3.8) is 0 Å². The fourth-order valence-corrected chi connectivity index (χ4v) is 7.16. The van der Waals surface area contributed by atoms with E-state index in [1.807, 2.05) is 18.2 Å². The average Bonchev–Trinajstić information content (AvgIpc) is 3.79. The van der Waals surface area contributed by atoms with Crippen LogP contribution < -0.4 is 16.0 Å². The first-order valence-electron chi connectivity index (χ1n) is 14.1. The van der Waals surface area contributed by atoms with Gasteiger partial charge < -0.3 is 33.6 Å². The first kappa shape index (κ1) is 30.2. The van der Waals surface area contributed by atoms with E-state index in [9.17, 15) is 24.6 Å². The van der Waals surface area contributed by atoms with Gasteiger partial charge in [0, 0.05) is 11.5 Å². The molecular weight excluding hydrogens is 594 g/mol. The Morgan fingerprint density at radius 3 is 2.66 bits per heavy atom. The highest BCUT2D eigenvalue weighted by Crippen LogP contribution is 2.38. The van der Waals surface area contributed by atoms with Crippen LogP contribution >= 0.6 is 11.3 Å². The molecule has 13 nitrogen and oxygen atoms in total. The molecule has 2 N–H and O–H groups in total. The molecule has 6 rings (SSSR count). The van der Waals surface area contributed by atoms with Crippen LogP contribution in [0, 0.1) is 12.8 Å². The Kier molecular flexibility index (Phi) is 7.96. The molecule has 0 spiro atoms. The van der Waals surface area contributed by atoms with Crippen molar-refractivity contribution in [3.05, 3.63) is 68.7 Å². The molecule has 2 saturated heterocycles. The number of carboxylic acids is 1. The van der Waals surface area contributed by atoms with Crippen molar-refractivity contribution in [2.45, 2.75) is 57.3 Å². The third-order valence-corrected chi connectivity index (χ3v) is 9.70. The first-order valence-corrected chi connectivity index (χ1v) is 14.9. The zero-order chi connectivity index (χ0) is 31.3. The number of oxazole rings is 1. The largest absolute Gasteiger partial charge is 0.496 e. The summed E-state index contributed by atoms with van der Waals surface area (Å²) in [6.45, 7) is 4.95. The van der Waals surface area contributed by atoms with Gasteiger partial charge >= 0.3 is 11.7 Å². The summed E-state index contributed by atoms with van der Waals surface area (Å²) >= 11 is 1.16. The number of carbonyl (C=O) groups is 1. The number of aryl methyl sites for hydroxylation is 1. The van der Waals surface area contributed by atoms with Gasteiger partial charge in [0.05, 0.1) is 56.0 Å². The number of aliphatic hydroxyl groups is 1. The fourth-order valence-electron chi connectivity index (χ4n) is 5.92. The van der Waals surface area contributed by atoms with Crippen LogP contribution in [0.2, 0.25) is 0 Å². The van der Waals surface area contributed by atoms with Gasteiger partial charge in [-0.1, -0.05) is 18.2 Å². The molecule has 0 aliphatic carbocycles. The minimum Gasteiger partial charge on any atom is -0.496 e. The van der Waals surface area contributed by atoms with Crippen molar-refractivity contribution in [3.8, 4) is 16.5 Å². The topological polar surface area (TPSA) is 164 Å². The highest BCUT2D eigenvalue weighted by atomic mass is 32.1. The summed E-state index contributed by atoms with van der Waals surface area (Å²) in [5, 5.41) is 20.4. The number of nitrogens with zero attached hydrogens (tertiary/aromatic N) is 3. The van der Waals surface area contributed by atoms with Crippen molar-refractivity contribution in [1.82, 2.24) is 14.1 Å². The Morgan fingerprint density at radius 2 is 1.95 bits per heavy atom. The minimum absolute atomic E-state index is 0.0815. The number of ether oxygens (including phenoxy) is 4. The molecular formula is C30H33N3O10S. The van der Waals surface area contributed by atoms with Crippen LogP contribution in [0.25, 0.3) is 21.0 Å². The summed E-state index contributed by atoms with van der Waals surface area (Å²) in [5.41, 5.74) is -2.22. The van der Waals surface area contributed by atoms with E-state index in [1.165, 1.54) is 38.0 Å². The van der Waals surface area contributed by atoms with Crippen LogP contribution in [-0.4, -0.2) is 75.5 Å². The van der Waals surface area contributed by atoms with E-state index in [2.05, 4.69) is 4.98 Å². The van der Waals surface area contributed by atoms with E-state index in [-0.39, 0.29) is 43.1 Å². The summed E-state index contributed by atoms with van der Waals surface area (Å²) < 4.78 is 31.4. The molecule has 3 aromatic heterocycles. The number of methoxy groups -OCH3 is 1. The van der Waals surface area contributed by atoms with Gasteiger partial charge in [-0.2, -0.15) is 0 Å². The highest BCUT2D eigenvalue weighted by Gasteiger charge is 2.47. The molecule has 2 fully saturated rings. The summed E-state index contributed by atoms with van der Waals surface area (Å²) in [4.78, 5) is 45.5. The second-order valence-corrected chi connectivity index (χ2v) is 12.5. The van der Waals surface area contributed by atoms with Gasteiger partial charge in [-0.25, -0.2) is 19.1 Å². The summed E-state index contributed by atoms with van der Waals surface area (Å²) in [5.74, 6) is -0.711. The SMILES string of the molecule is COc1ccccc1C(Cn1c(=O)n(C(C)(C)C(=O)O)c(=O)c2c(C)c(-c3ncco3)sc21)OC[C@H]1COC2C1OC[C@@H]2O. The minimum atomic E-state index is -1.86. The molecule has 2 aliphatic heterocycles. The summed E-state index contributed by atoms with van der Waals surface area (Å²) in [6.07, 6.45) is 0.644. The van der Waals surface area contributed by atoms with E-state index in [0.717, 1.165) is 15.9 Å². The van der Waals surface area contributed by atoms with E-state index in [0.29, 0.717) is 33.2 Å². The zero-order valence-corrected chi connectivity index (χ0v) is 25.4. The second kappa shape index (κ2) is 11.6. The lowest BCUT2D eigenvalue weighted by molar-refractivity contribution is -0.146. The van der Waals surface area contributed by atoms with Gasteiger partial charge in [-0.05, 0) is 32.4 Å². The van der Waals surface area contributed by atoms with E-state index in [4.69, 9.17) is 23.4 Å². The number of hydrogen-bond donors (Lipinski definition) is 2. The summed E-state index contributed by atoms with van der Waals surface area (Å²) in [6, 6.07) is 7.24. The number of aliphatic hydroxyl groups excluding tert-OH is 1. The molecule has 44 heavy (non-hydrogen) atoms. The number of rotatable bonds is 10. The van der Waals surface area contributed by atoms with Crippen molar-refractivity contribution >= 4 is 27.5 Å². The third kappa shape index (κ3) is 4.96. The molecule has 4 aromatic rings. The smallest absolute Gasteiger partial charge is 0.333 e. The number of fused-ring (bicyclic) bond motifs is 2. The lowest BCUT2D eigenvalue weighted by Crippen LogP contribution is -2.52. The van der Waals surface area contributed by atoms with Gasteiger partial charge in [0.15, 0.2) is 0 Å². The normalized spacial score (nSPS) is 22.4. The maximum Gasteiger partial charge on any atom is 0.333 e. The van der Waals surface area contributed by atoms with Crippen molar-refractivity contribution < 1.29 is 38.4 Å². The van der Waals surface area contributed by atoms with Gasteiger partial charge in [0.25, 0.3) is 5.56 Å². The van der Waals surface area contributed by atoms with E-state index >= 15 is 0 Å². The van der Waals surface area contributed by atoms with E-state index in [1.54, 1.807) is 13.0 Å². The highest BCUT2D eigenvalue weighted by molar-refractivity contribution is 7.22. The van der Waals surface area contributed by atoms with Gasteiger partial charge in [0.2, 0.25) is 5.89 Å². The second-order valence-electron chi connectivity index (χ2n) is 11.5. The number of hydrogen-bond acceptors (Lipinski definition) is 11. The number of para-hydroxylation sites is 1. The van der Waals surface area contributed by atoms with Crippen molar-refractivity contribution in [1.29, 1.82) is 0 Å². The molecule has 1 aromatic carbocycles.